The Morgan fingerprint density at radius 3 is 2.18 bits per heavy atom. The molecule has 2 heterocycles. The summed E-state index contributed by atoms with van der Waals surface area (Å²) in [4.78, 5) is 34.1. The number of rotatable bonds is 6. The van der Waals surface area contributed by atoms with E-state index in [1.54, 1.807) is 47.6 Å². The van der Waals surface area contributed by atoms with Crippen LogP contribution in [-0.2, 0) is 0 Å². The minimum absolute atomic E-state index is 0.131. The molecule has 172 valence electrons. The summed E-state index contributed by atoms with van der Waals surface area (Å²) in [6.07, 6.45) is 0. The van der Waals surface area contributed by atoms with E-state index in [-0.39, 0.29) is 11.8 Å². The minimum atomic E-state index is -0.137. The second kappa shape index (κ2) is 9.91. The van der Waals surface area contributed by atoms with Crippen LogP contribution in [-0.4, -0.2) is 74.1 Å². The van der Waals surface area contributed by atoms with Crippen LogP contribution in [0.3, 0.4) is 0 Å². The average Bonchev–Trinajstić information content (AvgIpc) is 3.37. The fraction of sp³-hybridized carbons (Fsp3) is 0.292. The van der Waals surface area contributed by atoms with Gasteiger partial charge in [0.2, 0.25) is 0 Å². The van der Waals surface area contributed by atoms with Crippen molar-refractivity contribution in [1.82, 2.24) is 14.8 Å². The molecule has 0 saturated carbocycles. The van der Waals surface area contributed by atoms with E-state index in [0.717, 1.165) is 10.6 Å². The van der Waals surface area contributed by atoms with Crippen molar-refractivity contribution < 1.29 is 23.8 Å². The number of piperazine rings is 1. The van der Waals surface area contributed by atoms with Gasteiger partial charge in [-0.3, -0.25) is 9.59 Å². The van der Waals surface area contributed by atoms with Crippen LogP contribution < -0.4 is 14.2 Å². The zero-order chi connectivity index (χ0) is 23.4. The van der Waals surface area contributed by atoms with Gasteiger partial charge in [0.05, 0.1) is 32.5 Å². The number of hydrogen-bond acceptors (Lipinski definition) is 7. The van der Waals surface area contributed by atoms with Gasteiger partial charge in [0.25, 0.3) is 11.8 Å². The largest absolute Gasteiger partial charge is 0.497 e. The van der Waals surface area contributed by atoms with Crippen molar-refractivity contribution in [3.8, 4) is 27.8 Å². The minimum Gasteiger partial charge on any atom is -0.497 e. The first-order chi connectivity index (χ1) is 16.0. The molecule has 2 aromatic carbocycles. The predicted octanol–water partition coefficient (Wildman–Crippen LogP) is 3.43. The highest BCUT2D eigenvalue weighted by molar-refractivity contribution is 7.13. The Morgan fingerprint density at radius 1 is 0.848 bits per heavy atom. The van der Waals surface area contributed by atoms with E-state index in [4.69, 9.17) is 14.2 Å². The van der Waals surface area contributed by atoms with Gasteiger partial charge in [-0.25, -0.2) is 4.98 Å². The van der Waals surface area contributed by atoms with Crippen molar-refractivity contribution in [2.75, 3.05) is 47.5 Å². The fourth-order valence-corrected chi connectivity index (χ4v) is 4.56. The number of carbonyl (C=O) groups is 2. The van der Waals surface area contributed by atoms with Crippen LogP contribution in [0.4, 0.5) is 0 Å². The summed E-state index contributed by atoms with van der Waals surface area (Å²) in [5, 5.41) is 2.50. The first kappa shape index (κ1) is 22.6. The molecule has 0 N–H and O–H groups in total. The van der Waals surface area contributed by atoms with Crippen molar-refractivity contribution in [2.24, 2.45) is 0 Å². The summed E-state index contributed by atoms with van der Waals surface area (Å²) in [6, 6.07) is 12.7. The van der Waals surface area contributed by atoms with E-state index < -0.39 is 0 Å². The Kier molecular flexibility index (Phi) is 6.79. The van der Waals surface area contributed by atoms with Gasteiger partial charge >= 0.3 is 0 Å². The normalized spacial score (nSPS) is 13.5. The van der Waals surface area contributed by atoms with Crippen LogP contribution in [0.15, 0.2) is 47.8 Å². The van der Waals surface area contributed by atoms with Gasteiger partial charge in [0.1, 0.15) is 28.0 Å². The lowest BCUT2D eigenvalue weighted by atomic mass is 10.1. The van der Waals surface area contributed by atoms with E-state index in [0.29, 0.717) is 54.7 Å². The third-order valence-corrected chi connectivity index (χ3v) is 6.43. The van der Waals surface area contributed by atoms with Crippen molar-refractivity contribution in [3.63, 3.8) is 0 Å². The van der Waals surface area contributed by atoms with Crippen LogP contribution in [0.1, 0.15) is 20.8 Å². The lowest BCUT2D eigenvalue weighted by Gasteiger charge is -2.34. The molecule has 1 fully saturated rings. The van der Waals surface area contributed by atoms with Crippen molar-refractivity contribution >= 4 is 23.2 Å². The Balaban J connectivity index is 1.42. The maximum atomic E-state index is 13.0. The molecule has 0 bridgehead atoms. The van der Waals surface area contributed by atoms with Crippen LogP contribution in [0.25, 0.3) is 10.6 Å². The molecular weight excluding hydrogens is 442 g/mol. The average molecular weight is 468 g/mol. The number of hydrogen-bond donors (Lipinski definition) is 0. The van der Waals surface area contributed by atoms with Crippen molar-refractivity contribution in [2.45, 2.75) is 0 Å². The smallest absolute Gasteiger partial charge is 0.273 e. The standard InChI is InChI=1S/C24H25N3O5S/c1-30-16-8-9-18(21(14-16)32-3)23(28)26-10-12-27(13-11-26)24(29)19-15-33-22(25-19)17-6-4-5-7-20(17)31-2/h4-9,14-15H,10-13H2,1-3H3. The number of methoxy groups -OCH3 is 3. The Morgan fingerprint density at radius 2 is 1.52 bits per heavy atom. The number of benzene rings is 2. The van der Waals surface area contributed by atoms with Gasteiger partial charge in [0.15, 0.2) is 0 Å². The molecule has 1 aromatic heterocycles. The van der Waals surface area contributed by atoms with Gasteiger partial charge < -0.3 is 24.0 Å². The second-order valence-electron chi connectivity index (χ2n) is 7.39. The maximum absolute atomic E-state index is 13.0. The van der Waals surface area contributed by atoms with Gasteiger partial charge in [-0.2, -0.15) is 0 Å². The molecule has 1 saturated heterocycles. The topological polar surface area (TPSA) is 81.2 Å². The molecule has 1 aliphatic heterocycles. The van der Waals surface area contributed by atoms with Crippen LogP contribution >= 0.6 is 11.3 Å². The Bertz CT molecular complexity index is 1150. The Labute approximate surface area is 196 Å². The van der Waals surface area contributed by atoms with Gasteiger partial charge in [-0.1, -0.05) is 12.1 Å². The highest BCUT2D eigenvalue weighted by Crippen LogP contribution is 2.32. The van der Waals surface area contributed by atoms with Gasteiger partial charge in [0, 0.05) is 37.6 Å². The fourth-order valence-electron chi connectivity index (χ4n) is 3.74. The highest BCUT2D eigenvalue weighted by Gasteiger charge is 2.28. The molecule has 0 atom stereocenters. The molecule has 33 heavy (non-hydrogen) atoms. The molecule has 1 aliphatic rings. The number of para-hydroxylation sites is 1. The quantitative estimate of drug-likeness (QED) is 0.553. The zero-order valence-electron chi connectivity index (χ0n) is 18.7. The third kappa shape index (κ3) is 4.63. The molecule has 0 spiro atoms. The molecule has 0 unspecified atom stereocenters. The number of carbonyl (C=O) groups excluding carboxylic acids is 2. The number of amides is 2. The summed E-state index contributed by atoms with van der Waals surface area (Å²) in [5.74, 6) is 1.53. The van der Waals surface area contributed by atoms with Crippen LogP contribution in [0, 0.1) is 0 Å². The monoisotopic (exact) mass is 467 g/mol. The van der Waals surface area contributed by atoms with Gasteiger partial charge in [-0.15, -0.1) is 11.3 Å². The van der Waals surface area contributed by atoms with Gasteiger partial charge in [-0.05, 0) is 24.3 Å². The lowest BCUT2D eigenvalue weighted by molar-refractivity contribution is 0.0531. The number of aromatic nitrogens is 1. The highest BCUT2D eigenvalue weighted by atomic mass is 32.1. The maximum Gasteiger partial charge on any atom is 0.273 e. The number of ether oxygens (including phenoxy) is 3. The number of nitrogens with zero attached hydrogens (tertiary/aromatic N) is 3. The molecule has 3 aromatic rings. The summed E-state index contributed by atoms with van der Waals surface area (Å²) in [7, 11) is 4.70. The van der Waals surface area contributed by atoms with Crippen LogP contribution in [0.5, 0.6) is 17.2 Å². The predicted molar refractivity (Wildman–Crippen MR) is 125 cm³/mol. The third-order valence-electron chi connectivity index (χ3n) is 5.55. The van der Waals surface area contributed by atoms with E-state index in [1.807, 2.05) is 24.3 Å². The first-order valence-electron chi connectivity index (χ1n) is 10.4. The Hall–Kier alpha value is -3.59. The second-order valence-corrected chi connectivity index (χ2v) is 8.25. The summed E-state index contributed by atoms with van der Waals surface area (Å²) in [5.41, 5.74) is 1.73. The molecular formula is C24H25N3O5S. The summed E-state index contributed by atoms with van der Waals surface area (Å²) in [6.45, 7) is 1.74. The molecule has 4 rings (SSSR count). The SMILES string of the molecule is COc1ccc(C(=O)N2CCN(C(=O)c3csc(-c4ccccc4OC)n3)CC2)c(OC)c1. The zero-order valence-corrected chi connectivity index (χ0v) is 19.6. The van der Waals surface area contributed by atoms with E-state index in [2.05, 4.69) is 4.98 Å². The summed E-state index contributed by atoms with van der Waals surface area (Å²) < 4.78 is 16.0. The molecule has 0 aliphatic carbocycles. The molecule has 8 nitrogen and oxygen atoms in total. The number of thiazole rings is 1. The molecule has 9 heteroatoms. The summed E-state index contributed by atoms with van der Waals surface area (Å²) >= 11 is 1.41. The van der Waals surface area contributed by atoms with Crippen molar-refractivity contribution in [3.05, 3.63) is 59.1 Å². The molecule has 0 radical (unpaired) electrons. The van der Waals surface area contributed by atoms with E-state index in [9.17, 15) is 9.59 Å². The van der Waals surface area contributed by atoms with E-state index >= 15 is 0 Å². The van der Waals surface area contributed by atoms with Crippen molar-refractivity contribution in [1.29, 1.82) is 0 Å². The first-order valence-corrected chi connectivity index (χ1v) is 11.3. The van der Waals surface area contributed by atoms with E-state index in [1.165, 1.54) is 18.4 Å². The van der Waals surface area contributed by atoms with Crippen LogP contribution in [0.2, 0.25) is 0 Å². The molecule has 2 amide bonds. The lowest BCUT2D eigenvalue weighted by Crippen LogP contribution is -2.50.